The molecule has 0 fully saturated rings. The molecule has 1 aromatic carbocycles. The number of benzene rings is 1. The first kappa shape index (κ1) is 14.4. The molecule has 0 bridgehead atoms. The Kier molecular flexibility index (Phi) is 4.26. The van der Waals surface area contributed by atoms with Crippen LogP contribution >= 0.6 is 0 Å². The third-order valence-electron chi connectivity index (χ3n) is 2.39. The number of aldehydes is 1. The van der Waals surface area contributed by atoms with Crippen molar-refractivity contribution >= 4 is 12.0 Å². The van der Waals surface area contributed by atoms with E-state index in [1.54, 1.807) is 13.8 Å². The molecule has 2 nitrogen and oxygen atoms in total. The van der Waals surface area contributed by atoms with E-state index in [4.69, 9.17) is 0 Å². The zero-order valence-corrected chi connectivity index (χ0v) is 9.53. The highest BCUT2D eigenvalue weighted by Gasteiger charge is 2.27. The first-order valence-electron chi connectivity index (χ1n) is 5.04. The summed E-state index contributed by atoms with van der Waals surface area (Å²) in [5.41, 5.74) is -1.20. The van der Waals surface area contributed by atoms with Gasteiger partial charge in [-0.15, -0.1) is 0 Å². The summed E-state index contributed by atoms with van der Waals surface area (Å²) >= 11 is 0. The van der Waals surface area contributed by atoms with Gasteiger partial charge in [-0.1, -0.05) is 13.8 Å². The normalized spacial score (nSPS) is 12.7. The highest BCUT2D eigenvalue weighted by atomic mass is 19.2. The first-order valence-corrected chi connectivity index (χ1v) is 5.04. The summed E-state index contributed by atoms with van der Waals surface area (Å²) in [7, 11) is 0. The van der Waals surface area contributed by atoms with Gasteiger partial charge in [0, 0.05) is 0 Å². The predicted octanol–water partition coefficient (Wildman–Crippen LogP) is 3.02. The lowest BCUT2D eigenvalue weighted by atomic mass is 10.1. The van der Waals surface area contributed by atoms with E-state index in [1.807, 2.05) is 5.32 Å². The van der Waals surface area contributed by atoms with Crippen molar-refractivity contribution in [1.82, 2.24) is 0 Å². The lowest BCUT2D eigenvalue weighted by Gasteiger charge is -2.18. The summed E-state index contributed by atoms with van der Waals surface area (Å²) in [6.07, 6.45) is 0.336. The van der Waals surface area contributed by atoms with E-state index in [0.29, 0.717) is 6.29 Å². The summed E-state index contributed by atoms with van der Waals surface area (Å²) < 4.78 is 65.0. The number of rotatable bonds is 4. The van der Waals surface area contributed by atoms with E-state index in [0.717, 1.165) is 0 Å². The Morgan fingerprint density at radius 2 is 1.28 bits per heavy atom. The van der Waals surface area contributed by atoms with Crippen LogP contribution in [-0.2, 0) is 4.79 Å². The smallest absolute Gasteiger partial charge is 0.200 e. The van der Waals surface area contributed by atoms with E-state index >= 15 is 0 Å². The number of carbonyl (C=O) groups excluding carboxylic acids is 1. The van der Waals surface area contributed by atoms with Crippen LogP contribution in [0.15, 0.2) is 0 Å². The zero-order valence-electron chi connectivity index (χ0n) is 9.53. The van der Waals surface area contributed by atoms with Crippen LogP contribution in [0.1, 0.15) is 13.8 Å². The van der Waals surface area contributed by atoms with E-state index in [9.17, 15) is 26.7 Å². The molecule has 0 amide bonds. The minimum Gasteiger partial charge on any atom is -0.370 e. The molecule has 1 aromatic rings. The quantitative estimate of drug-likeness (QED) is 0.393. The summed E-state index contributed by atoms with van der Waals surface area (Å²) in [4.78, 5) is 10.6. The van der Waals surface area contributed by atoms with Crippen molar-refractivity contribution in [2.24, 2.45) is 5.92 Å². The molecule has 0 aliphatic carbocycles. The molecule has 18 heavy (non-hydrogen) atoms. The molecule has 0 unspecified atom stereocenters. The molecular weight excluding hydrogens is 257 g/mol. The van der Waals surface area contributed by atoms with Gasteiger partial charge in [-0.2, -0.15) is 0 Å². The number of hydrogen-bond acceptors (Lipinski definition) is 2. The van der Waals surface area contributed by atoms with Crippen LogP contribution in [-0.4, -0.2) is 12.3 Å². The number of halogens is 5. The van der Waals surface area contributed by atoms with Crippen LogP contribution in [0.4, 0.5) is 27.6 Å². The molecule has 0 saturated heterocycles. The maximum Gasteiger partial charge on any atom is 0.200 e. The van der Waals surface area contributed by atoms with Gasteiger partial charge in [0.2, 0.25) is 5.82 Å². The van der Waals surface area contributed by atoms with Crippen LogP contribution < -0.4 is 5.32 Å². The maximum atomic E-state index is 13.3. The summed E-state index contributed by atoms with van der Waals surface area (Å²) in [5.74, 6) is -10.7. The highest BCUT2D eigenvalue weighted by molar-refractivity contribution is 5.65. The van der Waals surface area contributed by atoms with Gasteiger partial charge in [0.1, 0.15) is 12.0 Å². The molecule has 0 aliphatic rings. The minimum atomic E-state index is -2.23. The van der Waals surface area contributed by atoms with Crippen molar-refractivity contribution in [2.75, 3.05) is 5.32 Å². The lowest BCUT2D eigenvalue weighted by Crippen LogP contribution is -2.28. The van der Waals surface area contributed by atoms with E-state index in [1.165, 1.54) is 0 Å². The van der Waals surface area contributed by atoms with Gasteiger partial charge < -0.3 is 10.1 Å². The predicted molar refractivity (Wildman–Crippen MR) is 54.5 cm³/mol. The lowest BCUT2D eigenvalue weighted by molar-refractivity contribution is -0.109. The topological polar surface area (TPSA) is 29.1 Å². The highest BCUT2D eigenvalue weighted by Crippen LogP contribution is 2.28. The van der Waals surface area contributed by atoms with Gasteiger partial charge in [0.25, 0.3) is 0 Å². The average molecular weight is 267 g/mol. The molecule has 100 valence electrons. The fourth-order valence-corrected chi connectivity index (χ4v) is 1.26. The molecule has 0 heterocycles. The van der Waals surface area contributed by atoms with Crippen molar-refractivity contribution in [1.29, 1.82) is 0 Å². The van der Waals surface area contributed by atoms with Gasteiger partial charge in [0.15, 0.2) is 23.3 Å². The fraction of sp³-hybridized carbons (Fsp3) is 0.364. The summed E-state index contributed by atoms with van der Waals surface area (Å²) in [6, 6.07) is -1.06. The minimum absolute atomic E-state index is 0.336. The second-order valence-electron chi connectivity index (χ2n) is 4.00. The van der Waals surface area contributed by atoms with Gasteiger partial charge >= 0.3 is 0 Å². The third-order valence-corrected chi connectivity index (χ3v) is 2.39. The number of anilines is 1. The fourth-order valence-electron chi connectivity index (χ4n) is 1.26. The van der Waals surface area contributed by atoms with Crippen molar-refractivity contribution in [2.45, 2.75) is 19.9 Å². The largest absolute Gasteiger partial charge is 0.370 e. The Hall–Kier alpha value is -1.66. The van der Waals surface area contributed by atoms with Gasteiger partial charge in [-0.3, -0.25) is 0 Å². The molecule has 0 saturated carbocycles. The molecular formula is C11H10F5NO. The van der Waals surface area contributed by atoms with Crippen LogP contribution in [0.5, 0.6) is 0 Å². The van der Waals surface area contributed by atoms with Crippen LogP contribution in [0.25, 0.3) is 0 Å². The van der Waals surface area contributed by atoms with E-state index < -0.39 is 40.8 Å². The molecule has 1 N–H and O–H groups in total. The Balaban J connectivity index is 3.29. The van der Waals surface area contributed by atoms with Crippen LogP contribution in [0.2, 0.25) is 0 Å². The monoisotopic (exact) mass is 267 g/mol. The van der Waals surface area contributed by atoms with Crippen molar-refractivity contribution in [3.8, 4) is 0 Å². The van der Waals surface area contributed by atoms with Gasteiger partial charge in [0.05, 0.1) is 6.04 Å². The van der Waals surface area contributed by atoms with Gasteiger partial charge in [-0.05, 0) is 5.92 Å². The van der Waals surface area contributed by atoms with Crippen molar-refractivity contribution < 1.29 is 26.7 Å². The zero-order chi connectivity index (χ0) is 14.0. The van der Waals surface area contributed by atoms with Crippen LogP contribution in [0, 0.1) is 35.0 Å². The standard InChI is InChI=1S/C11H10F5NO/c1-4(2)5(3-18)17-11-9(15)7(13)6(12)8(14)10(11)16/h3-5,17H,1-2H3/t5-/m1/s1. The first-order chi connectivity index (χ1) is 8.31. The Labute approximate surface area is 99.8 Å². The molecule has 0 aromatic heterocycles. The van der Waals surface area contributed by atoms with E-state index in [2.05, 4.69) is 0 Å². The molecule has 0 aliphatic heterocycles. The molecule has 7 heteroatoms. The molecule has 1 atom stereocenters. The Morgan fingerprint density at radius 1 is 0.889 bits per heavy atom. The second kappa shape index (κ2) is 5.32. The van der Waals surface area contributed by atoms with Crippen LogP contribution in [0.3, 0.4) is 0 Å². The van der Waals surface area contributed by atoms with Crippen molar-refractivity contribution in [3.63, 3.8) is 0 Å². The number of hydrogen-bond donors (Lipinski definition) is 1. The molecule has 0 radical (unpaired) electrons. The number of nitrogens with one attached hydrogen (secondary N) is 1. The molecule has 1 rings (SSSR count). The Morgan fingerprint density at radius 3 is 1.61 bits per heavy atom. The van der Waals surface area contributed by atoms with Crippen molar-refractivity contribution in [3.05, 3.63) is 29.1 Å². The Bertz CT molecular complexity index is 446. The summed E-state index contributed by atoms with van der Waals surface area (Å²) in [5, 5.41) is 2.01. The summed E-state index contributed by atoms with van der Waals surface area (Å²) in [6.45, 7) is 3.11. The molecule has 0 spiro atoms. The number of carbonyl (C=O) groups is 1. The maximum absolute atomic E-state index is 13.3. The average Bonchev–Trinajstić information content (AvgIpc) is 2.34. The van der Waals surface area contributed by atoms with Gasteiger partial charge in [-0.25, -0.2) is 22.0 Å². The van der Waals surface area contributed by atoms with E-state index in [-0.39, 0.29) is 5.92 Å². The third kappa shape index (κ3) is 2.44. The second-order valence-corrected chi connectivity index (χ2v) is 4.00. The SMILES string of the molecule is CC(C)[C@@H](C=O)Nc1c(F)c(F)c(F)c(F)c1F.